The molecule has 0 aromatic heterocycles. The molecule has 0 heterocycles. The summed E-state index contributed by atoms with van der Waals surface area (Å²) >= 11 is 0. The van der Waals surface area contributed by atoms with E-state index in [4.69, 9.17) is 0 Å². The van der Waals surface area contributed by atoms with Crippen LogP contribution in [-0.2, 0) is 19.6 Å². The quantitative estimate of drug-likeness (QED) is 0.593. The Morgan fingerprint density at radius 3 is 2.17 bits per heavy atom. The maximum Gasteiger partial charge on any atom is 0.244 e. The van der Waals surface area contributed by atoms with E-state index in [-0.39, 0.29) is 6.54 Å². The molecule has 0 bridgehead atoms. The van der Waals surface area contributed by atoms with Crippen LogP contribution in [0, 0.1) is 25.6 Å². The van der Waals surface area contributed by atoms with Gasteiger partial charge < -0.3 is 10.6 Å². The second kappa shape index (κ2) is 9.82. The number of carbonyl (C=O) groups excluding carboxylic acids is 2. The number of halogens is 1. The van der Waals surface area contributed by atoms with Gasteiger partial charge in [-0.15, -0.1) is 0 Å². The lowest BCUT2D eigenvalue weighted by atomic mass is 10.1. The van der Waals surface area contributed by atoms with Crippen LogP contribution >= 0.6 is 0 Å². The number of carbonyl (C=O) groups is 2. The van der Waals surface area contributed by atoms with Crippen LogP contribution in [-0.4, -0.2) is 32.8 Å². The molecule has 3 N–H and O–H groups in total. The number of hydrogen-bond acceptors (Lipinski definition) is 4. The Kier molecular flexibility index (Phi) is 7.69. The molecule has 7 nitrogen and oxygen atoms in total. The van der Waals surface area contributed by atoms with E-state index < -0.39 is 44.5 Å². The standard InChI is InChI=1S/C21H26FN3O4S/c1-13(2)19(25-30(28,29)17-11-6-5-10-16(17)22)21(27)23-12-18(26)24-20-14(3)8-7-9-15(20)4/h5-11,13,19,25H,12H2,1-4H3,(H,23,27)(H,24,26)/t19-/m0/s1. The van der Waals surface area contributed by atoms with Gasteiger partial charge in [-0.25, -0.2) is 12.8 Å². The zero-order valence-corrected chi connectivity index (χ0v) is 18.1. The monoisotopic (exact) mass is 435 g/mol. The number of sulfonamides is 1. The molecule has 2 rings (SSSR count). The molecule has 1 atom stereocenters. The Bertz CT molecular complexity index is 1020. The third-order valence-corrected chi connectivity index (χ3v) is 6.00. The molecule has 0 radical (unpaired) electrons. The second-order valence-corrected chi connectivity index (χ2v) is 8.99. The molecule has 0 fully saturated rings. The minimum absolute atomic E-state index is 0.336. The highest BCUT2D eigenvalue weighted by Crippen LogP contribution is 2.19. The Balaban J connectivity index is 2.05. The van der Waals surface area contributed by atoms with Gasteiger partial charge in [0.1, 0.15) is 16.8 Å². The summed E-state index contributed by atoms with van der Waals surface area (Å²) in [7, 11) is -4.26. The highest BCUT2D eigenvalue weighted by atomic mass is 32.2. The van der Waals surface area contributed by atoms with Crippen molar-refractivity contribution in [2.75, 3.05) is 11.9 Å². The largest absolute Gasteiger partial charge is 0.346 e. The van der Waals surface area contributed by atoms with E-state index in [1.54, 1.807) is 13.8 Å². The summed E-state index contributed by atoms with van der Waals surface area (Å²) in [6.45, 7) is 6.66. The van der Waals surface area contributed by atoms with Crippen molar-refractivity contribution in [3.05, 3.63) is 59.4 Å². The van der Waals surface area contributed by atoms with Gasteiger partial charge in [-0.3, -0.25) is 9.59 Å². The number of para-hydroxylation sites is 1. The van der Waals surface area contributed by atoms with E-state index >= 15 is 0 Å². The molecule has 0 unspecified atom stereocenters. The first-order valence-electron chi connectivity index (χ1n) is 9.43. The maximum atomic E-state index is 13.9. The van der Waals surface area contributed by atoms with Crippen molar-refractivity contribution in [3.63, 3.8) is 0 Å². The fraction of sp³-hybridized carbons (Fsp3) is 0.333. The summed E-state index contributed by atoms with van der Waals surface area (Å²) < 4.78 is 41.2. The average molecular weight is 436 g/mol. The van der Waals surface area contributed by atoms with Crippen molar-refractivity contribution < 1.29 is 22.4 Å². The van der Waals surface area contributed by atoms with Crippen molar-refractivity contribution in [2.24, 2.45) is 5.92 Å². The van der Waals surface area contributed by atoms with Crippen LogP contribution in [0.2, 0.25) is 0 Å². The van der Waals surface area contributed by atoms with Crippen molar-refractivity contribution in [1.82, 2.24) is 10.0 Å². The van der Waals surface area contributed by atoms with Gasteiger partial charge in [-0.1, -0.05) is 44.2 Å². The summed E-state index contributed by atoms with van der Waals surface area (Å²) in [5, 5.41) is 5.18. The number of aryl methyl sites for hydroxylation is 2. The minimum Gasteiger partial charge on any atom is -0.346 e. The molecule has 0 aliphatic rings. The Morgan fingerprint density at radius 1 is 1.00 bits per heavy atom. The van der Waals surface area contributed by atoms with E-state index in [0.717, 1.165) is 23.3 Å². The second-order valence-electron chi connectivity index (χ2n) is 7.31. The van der Waals surface area contributed by atoms with Gasteiger partial charge in [0.25, 0.3) is 0 Å². The van der Waals surface area contributed by atoms with E-state index in [9.17, 15) is 22.4 Å². The van der Waals surface area contributed by atoms with Gasteiger partial charge in [-0.2, -0.15) is 4.72 Å². The molecule has 2 amide bonds. The van der Waals surface area contributed by atoms with Gasteiger partial charge in [0.05, 0.1) is 6.54 Å². The van der Waals surface area contributed by atoms with Crippen LogP contribution in [0.4, 0.5) is 10.1 Å². The molecule has 2 aromatic rings. The molecule has 2 aromatic carbocycles. The van der Waals surface area contributed by atoms with E-state index in [2.05, 4.69) is 15.4 Å². The summed E-state index contributed by atoms with van der Waals surface area (Å²) in [4.78, 5) is 24.3. The van der Waals surface area contributed by atoms with E-state index in [1.165, 1.54) is 12.1 Å². The zero-order chi connectivity index (χ0) is 22.5. The zero-order valence-electron chi connectivity index (χ0n) is 17.3. The predicted octanol–water partition coefficient (Wildman–Crippen LogP) is 2.50. The molecule has 30 heavy (non-hydrogen) atoms. The normalized spacial score (nSPS) is 12.5. The van der Waals surface area contributed by atoms with Gasteiger partial charge in [-0.05, 0) is 43.0 Å². The lowest BCUT2D eigenvalue weighted by Crippen LogP contribution is -2.51. The average Bonchev–Trinajstić information content (AvgIpc) is 2.67. The van der Waals surface area contributed by atoms with E-state index in [0.29, 0.717) is 5.69 Å². The molecule has 9 heteroatoms. The minimum atomic E-state index is -4.26. The number of anilines is 1. The topological polar surface area (TPSA) is 104 Å². The Hall–Kier alpha value is -2.78. The van der Waals surface area contributed by atoms with Gasteiger partial charge in [0.15, 0.2) is 0 Å². The van der Waals surface area contributed by atoms with Crippen LogP contribution in [0.3, 0.4) is 0 Å². The molecule has 0 aliphatic carbocycles. The lowest BCUT2D eigenvalue weighted by Gasteiger charge is -2.22. The van der Waals surface area contributed by atoms with Crippen molar-refractivity contribution in [2.45, 2.75) is 38.6 Å². The van der Waals surface area contributed by atoms with Crippen molar-refractivity contribution in [3.8, 4) is 0 Å². The predicted molar refractivity (Wildman–Crippen MR) is 113 cm³/mol. The molecular weight excluding hydrogens is 409 g/mol. The molecule has 0 saturated heterocycles. The number of hydrogen-bond donors (Lipinski definition) is 3. The number of rotatable bonds is 8. The lowest BCUT2D eigenvalue weighted by molar-refractivity contribution is -0.126. The summed E-state index contributed by atoms with van der Waals surface area (Å²) in [5.41, 5.74) is 2.43. The van der Waals surface area contributed by atoms with Crippen LogP contribution in [0.1, 0.15) is 25.0 Å². The molecule has 0 spiro atoms. The smallest absolute Gasteiger partial charge is 0.244 e. The SMILES string of the molecule is Cc1cccc(C)c1NC(=O)CNC(=O)[C@@H](NS(=O)(=O)c1ccccc1F)C(C)C. The van der Waals surface area contributed by atoms with Gasteiger partial charge in [0, 0.05) is 5.69 Å². The fourth-order valence-corrected chi connectivity index (χ4v) is 4.28. The maximum absolute atomic E-state index is 13.9. The fourth-order valence-electron chi connectivity index (χ4n) is 2.86. The summed E-state index contributed by atoms with van der Waals surface area (Å²) in [6, 6.07) is 9.30. The Labute approximate surface area is 176 Å². The van der Waals surface area contributed by atoms with Crippen LogP contribution in [0.5, 0.6) is 0 Å². The summed E-state index contributed by atoms with van der Waals surface area (Å²) in [6.07, 6.45) is 0. The van der Waals surface area contributed by atoms with Gasteiger partial charge in [0.2, 0.25) is 21.8 Å². The van der Waals surface area contributed by atoms with Crippen LogP contribution in [0.25, 0.3) is 0 Å². The van der Waals surface area contributed by atoms with Crippen molar-refractivity contribution in [1.29, 1.82) is 0 Å². The number of benzene rings is 2. The number of amides is 2. The first-order chi connectivity index (χ1) is 14.0. The van der Waals surface area contributed by atoms with Crippen LogP contribution < -0.4 is 15.4 Å². The van der Waals surface area contributed by atoms with Crippen LogP contribution in [0.15, 0.2) is 47.4 Å². The van der Waals surface area contributed by atoms with E-state index in [1.807, 2.05) is 32.0 Å². The number of nitrogens with one attached hydrogen (secondary N) is 3. The summed E-state index contributed by atoms with van der Waals surface area (Å²) in [5.74, 6) is -2.48. The van der Waals surface area contributed by atoms with Crippen molar-refractivity contribution >= 4 is 27.5 Å². The third-order valence-electron chi connectivity index (χ3n) is 4.53. The highest BCUT2D eigenvalue weighted by molar-refractivity contribution is 7.89. The molecule has 0 aliphatic heterocycles. The first kappa shape index (κ1) is 23.5. The highest BCUT2D eigenvalue weighted by Gasteiger charge is 2.30. The Morgan fingerprint density at radius 2 is 1.60 bits per heavy atom. The van der Waals surface area contributed by atoms with Gasteiger partial charge >= 0.3 is 0 Å². The molecular formula is C21H26FN3O4S. The molecule has 0 saturated carbocycles. The third kappa shape index (κ3) is 5.87. The molecule has 162 valence electrons. The first-order valence-corrected chi connectivity index (χ1v) is 10.9.